The molecule has 0 unspecified atom stereocenters. The molecule has 0 amide bonds. The van der Waals surface area contributed by atoms with Crippen molar-refractivity contribution >= 4 is 16.6 Å². The molecule has 0 bridgehead atoms. The van der Waals surface area contributed by atoms with Gasteiger partial charge in [0.15, 0.2) is 0 Å². The summed E-state index contributed by atoms with van der Waals surface area (Å²) in [5, 5.41) is 25.3. The highest BCUT2D eigenvalue weighted by Gasteiger charge is 2.11. The minimum absolute atomic E-state index is 0.00988. The zero-order valence-corrected chi connectivity index (χ0v) is 15.1. The van der Waals surface area contributed by atoms with Crippen LogP contribution in [0.4, 0.5) is 5.69 Å². The molecule has 7 nitrogen and oxygen atoms in total. The Morgan fingerprint density at radius 1 is 1.22 bits per heavy atom. The molecule has 7 heteroatoms. The van der Waals surface area contributed by atoms with E-state index in [9.17, 15) is 15.2 Å². The SMILES string of the molecule is C[C@@H](Cc1c[nH]c2ccccc12)NC[C@@H](O)COc1ccc([N+](=O)[O-])cc1. The van der Waals surface area contributed by atoms with Gasteiger partial charge in [0.25, 0.3) is 5.69 Å². The Labute approximate surface area is 157 Å². The maximum absolute atomic E-state index is 10.6. The molecule has 0 aliphatic rings. The average Bonchev–Trinajstić information content (AvgIpc) is 3.08. The molecule has 2 aromatic carbocycles. The van der Waals surface area contributed by atoms with Gasteiger partial charge in [0.1, 0.15) is 18.5 Å². The van der Waals surface area contributed by atoms with Crippen molar-refractivity contribution < 1.29 is 14.8 Å². The predicted octanol–water partition coefficient (Wildman–Crippen LogP) is 3.04. The quantitative estimate of drug-likeness (QED) is 0.398. The van der Waals surface area contributed by atoms with Crippen LogP contribution in [-0.2, 0) is 6.42 Å². The molecule has 0 saturated carbocycles. The van der Waals surface area contributed by atoms with Crippen molar-refractivity contribution in [1.29, 1.82) is 0 Å². The van der Waals surface area contributed by atoms with Crippen LogP contribution >= 0.6 is 0 Å². The number of rotatable bonds is 9. The van der Waals surface area contributed by atoms with Crippen LogP contribution in [0.1, 0.15) is 12.5 Å². The van der Waals surface area contributed by atoms with Crippen molar-refractivity contribution in [2.24, 2.45) is 0 Å². The van der Waals surface area contributed by atoms with Crippen molar-refractivity contribution in [3.8, 4) is 5.75 Å². The Kier molecular flexibility index (Phi) is 6.05. The number of nitro benzene ring substituents is 1. The monoisotopic (exact) mass is 369 g/mol. The molecular formula is C20H23N3O4. The summed E-state index contributed by atoms with van der Waals surface area (Å²) in [5.41, 5.74) is 2.37. The maximum atomic E-state index is 10.6. The normalized spacial score (nSPS) is 13.4. The Hall–Kier alpha value is -2.90. The van der Waals surface area contributed by atoms with E-state index in [2.05, 4.69) is 29.4 Å². The number of nitrogens with one attached hydrogen (secondary N) is 2. The second-order valence-corrected chi connectivity index (χ2v) is 6.59. The Balaban J connectivity index is 1.43. The van der Waals surface area contributed by atoms with Crippen LogP contribution < -0.4 is 10.1 Å². The lowest BCUT2D eigenvalue weighted by atomic mass is 10.1. The molecule has 3 rings (SSSR count). The third-order valence-corrected chi connectivity index (χ3v) is 4.39. The van der Waals surface area contributed by atoms with Crippen molar-refractivity contribution in [1.82, 2.24) is 10.3 Å². The van der Waals surface area contributed by atoms with Gasteiger partial charge in [-0.1, -0.05) is 18.2 Å². The van der Waals surface area contributed by atoms with E-state index in [4.69, 9.17) is 4.74 Å². The lowest BCUT2D eigenvalue weighted by Gasteiger charge is -2.17. The van der Waals surface area contributed by atoms with Gasteiger partial charge in [0.2, 0.25) is 0 Å². The number of hydrogen-bond acceptors (Lipinski definition) is 5. The van der Waals surface area contributed by atoms with Crippen molar-refractivity contribution in [3.05, 3.63) is 70.4 Å². The third kappa shape index (κ3) is 5.06. The molecule has 0 spiro atoms. The molecule has 1 aromatic heterocycles. The van der Waals surface area contributed by atoms with Gasteiger partial charge in [-0.05, 0) is 37.1 Å². The number of aliphatic hydroxyl groups is 1. The first kappa shape index (κ1) is 18.9. The van der Waals surface area contributed by atoms with E-state index in [1.54, 1.807) is 0 Å². The number of aromatic amines is 1. The first-order valence-electron chi connectivity index (χ1n) is 8.86. The summed E-state index contributed by atoms with van der Waals surface area (Å²) in [4.78, 5) is 13.4. The molecule has 0 fully saturated rings. The molecule has 0 aliphatic carbocycles. The van der Waals surface area contributed by atoms with Gasteiger partial charge in [-0.15, -0.1) is 0 Å². The third-order valence-electron chi connectivity index (χ3n) is 4.39. The summed E-state index contributed by atoms with van der Waals surface area (Å²) in [6, 6.07) is 14.2. The Morgan fingerprint density at radius 2 is 1.96 bits per heavy atom. The number of nitro groups is 1. The largest absolute Gasteiger partial charge is 0.491 e. The summed E-state index contributed by atoms with van der Waals surface area (Å²) >= 11 is 0. The number of aromatic nitrogens is 1. The van der Waals surface area contributed by atoms with Crippen LogP contribution in [-0.4, -0.2) is 40.3 Å². The van der Waals surface area contributed by atoms with E-state index in [0.717, 1.165) is 11.9 Å². The summed E-state index contributed by atoms with van der Waals surface area (Å²) in [5.74, 6) is 0.492. The number of non-ortho nitro benzene ring substituents is 1. The summed E-state index contributed by atoms with van der Waals surface area (Å²) in [6.07, 6.45) is 2.20. The highest BCUT2D eigenvalue weighted by Crippen LogP contribution is 2.19. The minimum atomic E-state index is -0.675. The van der Waals surface area contributed by atoms with E-state index in [-0.39, 0.29) is 18.3 Å². The standard InChI is InChI=1S/C20H23N3O4/c1-14(10-15-11-22-20-5-3-2-4-19(15)20)21-12-17(24)13-27-18-8-6-16(7-9-18)23(25)26/h2-9,11,14,17,21-22,24H,10,12-13H2,1H3/t14-,17+/m0/s1. The van der Waals surface area contributed by atoms with Crippen LogP contribution in [0.15, 0.2) is 54.7 Å². The number of hydrogen-bond donors (Lipinski definition) is 3. The average molecular weight is 369 g/mol. The number of aliphatic hydroxyl groups excluding tert-OH is 1. The van der Waals surface area contributed by atoms with E-state index < -0.39 is 11.0 Å². The summed E-state index contributed by atoms with van der Waals surface area (Å²) in [6.45, 7) is 2.59. The number of H-pyrrole nitrogens is 1. The Bertz CT molecular complexity index is 892. The van der Waals surface area contributed by atoms with Gasteiger partial charge in [0.05, 0.1) is 4.92 Å². The molecule has 3 aromatic rings. The number of nitrogens with zero attached hydrogens (tertiary/aromatic N) is 1. The fourth-order valence-corrected chi connectivity index (χ4v) is 2.96. The van der Waals surface area contributed by atoms with Gasteiger partial charge in [-0.25, -0.2) is 0 Å². The van der Waals surface area contributed by atoms with Gasteiger partial charge in [0, 0.05) is 41.8 Å². The zero-order valence-electron chi connectivity index (χ0n) is 15.1. The first-order chi connectivity index (χ1) is 13.0. The fraction of sp³-hybridized carbons (Fsp3) is 0.300. The van der Waals surface area contributed by atoms with Crippen molar-refractivity contribution in [2.75, 3.05) is 13.2 Å². The summed E-state index contributed by atoms with van der Waals surface area (Å²) in [7, 11) is 0. The number of benzene rings is 2. The second kappa shape index (κ2) is 8.66. The zero-order chi connectivity index (χ0) is 19.2. The van der Waals surface area contributed by atoms with E-state index in [0.29, 0.717) is 12.3 Å². The van der Waals surface area contributed by atoms with E-state index >= 15 is 0 Å². The van der Waals surface area contributed by atoms with Crippen molar-refractivity contribution in [3.63, 3.8) is 0 Å². The molecule has 142 valence electrons. The van der Waals surface area contributed by atoms with Gasteiger partial charge in [-0.3, -0.25) is 10.1 Å². The summed E-state index contributed by atoms with van der Waals surface area (Å²) < 4.78 is 5.48. The number of fused-ring (bicyclic) bond motifs is 1. The molecule has 1 heterocycles. The Morgan fingerprint density at radius 3 is 2.70 bits per heavy atom. The molecule has 0 radical (unpaired) electrons. The molecule has 27 heavy (non-hydrogen) atoms. The number of ether oxygens (including phenoxy) is 1. The van der Waals surface area contributed by atoms with Crippen molar-refractivity contribution in [2.45, 2.75) is 25.5 Å². The van der Waals surface area contributed by atoms with Crippen LogP contribution in [0, 0.1) is 10.1 Å². The molecular weight excluding hydrogens is 346 g/mol. The molecule has 2 atom stereocenters. The molecule has 0 saturated heterocycles. The lowest BCUT2D eigenvalue weighted by molar-refractivity contribution is -0.384. The van der Waals surface area contributed by atoms with Gasteiger partial charge < -0.3 is 20.1 Å². The maximum Gasteiger partial charge on any atom is 0.269 e. The lowest BCUT2D eigenvalue weighted by Crippen LogP contribution is -2.37. The molecule has 0 aliphatic heterocycles. The highest BCUT2D eigenvalue weighted by atomic mass is 16.6. The van der Waals surface area contributed by atoms with E-state index in [1.165, 1.54) is 35.2 Å². The highest BCUT2D eigenvalue weighted by molar-refractivity contribution is 5.83. The topological polar surface area (TPSA) is 100 Å². The van der Waals surface area contributed by atoms with Crippen LogP contribution in [0.3, 0.4) is 0 Å². The predicted molar refractivity (Wildman–Crippen MR) is 104 cm³/mol. The number of para-hydroxylation sites is 1. The van der Waals surface area contributed by atoms with Crippen LogP contribution in [0.5, 0.6) is 5.75 Å². The smallest absolute Gasteiger partial charge is 0.269 e. The van der Waals surface area contributed by atoms with Gasteiger partial charge >= 0.3 is 0 Å². The van der Waals surface area contributed by atoms with Crippen LogP contribution in [0.25, 0.3) is 10.9 Å². The first-order valence-corrected chi connectivity index (χ1v) is 8.86. The minimum Gasteiger partial charge on any atom is -0.491 e. The van der Waals surface area contributed by atoms with E-state index in [1.807, 2.05) is 18.3 Å². The molecule has 3 N–H and O–H groups in total. The van der Waals surface area contributed by atoms with Crippen LogP contribution in [0.2, 0.25) is 0 Å². The fourth-order valence-electron chi connectivity index (χ4n) is 2.96. The van der Waals surface area contributed by atoms with Gasteiger partial charge in [-0.2, -0.15) is 0 Å². The second-order valence-electron chi connectivity index (χ2n) is 6.59.